The summed E-state index contributed by atoms with van der Waals surface area (Å²) in [7, 11) is 0. The number of H-pyrrole nitrogens is 2. The van der Waals surface area contributed by atoms with Gasteiger partial charge >= 0.3 is 0 Å². The van der Waals surface area contributed by atoms with Crippen LogP contribution in [0.2, 0.25) is 0 Å². The smallest absolute Gasteiger partial charge is 0.248 e. The number of hydrogen-bond donors (Lipinski definition) is 3. The van der Waals surface area contributed by atoms with E-state index in [2.05, 4.69) is 62.2 Å². The number of nitrogens with one attached hydrogen (secondary N) is 3. The summed E-state index contributed by atoms with van der Waals surface area (Å²) in [6.07, 6.45) is 26.7. The van der Waals surface area contributed by atoms with Crippen molar-refractivity contribution >= 4 is 22.5 Å². The van der Waals surface area contributed by atoms with E-state index in [9.17, 15) is 9.59 Å². The number of amides is 1. The van der Waals surface area contributed by atoms with Gasteiger partial charge in [0.15, 0.2) is 5.43 Å². The summed E-state index contributed by atoms with van der Waals surface area (Å²) in [5, 5.41) is 17.1. The SMILES string of the molecule is CCCCCC=CCC=CCCCCCCCC=CC(=O)Nc1cccc2c(=O)cc(-c3nn[nH]n3)[nH]c12. The number of carbonyl (C=O) groups excluding carboxylic acids is 1. The molecule has 8 heteroatoms. The van der Waals surface area contributed by atoms with Crippen LogP contribution in [0.15, 0.2) is 65.5 Å². The normalized spacial score (nSPS) is 11.9. The van der Waals surface area contributed by atoms with Gasteiger partial charge in [0.1, 0.15) is 0 Å². The Morgan fingerprint density at radius 2 is 1.63 bits per heavy atom. The minimum absolute atomic E-state index is 0.188. The summed E-state index contributed by atoms with van der Waals surface area (Å²) in [4.78, 5) is 28.2. The summed E-state index contributed by atoms with van der Waals surface area (Å²) in [5.74, 6) is 0.0494. The maximum Gasteiger partial charge on any atom is 0.248 e. The van der Waals surface area contributed by atoms with E-state index >= 15 is 0 Å². The Hall–Kier alpha value is -3.81. The predicted octanol–water partition coefficient (Wildman–Crippen LogP) is 7.02. The van der Waals surface area contributed by atoms with Crippen molar-refractivity contribution in [1.29, 1.82) is 0 Å². The summed E-state index contributed by atoms with van der Waals surface area (Å²) >= 11 is 0. The van der Waals surface area contributed by atoms with Crippen LogP contribution >= 0.6 is 0 Å². The molecule has 0 aliphatic carbocycles. The van der Waals surface area contributed by atoms with Crippen LogP contribution in [-0.4, -0.2) is 31.5 Å². The molecule has 3 N–H and O–H groups in total. The molecule has 0 saturated heterocycles. The third-order valence-corrected chi connectivity index (χ3v) is 6.30. The number of benzene rings is 1. The van der Waals surface area contributed by atoms with Crippen LogP contribution in [-0.2, 0) is 4.79 Å². The molecule has 0 radical (unpaired) electrons. The quantitative estimate of drug-likeness (QED) is 0.101. The monoisotopic (exact) mass is 516 g/mol. The zero-order valence-electron chi connectivity index (χ0n) is 22.4. The number of allylic oxidation sites excluding steroid dienone is 5. The average molecular weight is 517 g/mol. The van der Waals surface area contributed by atoms with E-state index in [0.717, 1.165) is 25.7 Å². The van der Waals surface area contributed by atoms with Gasteiger partial charge in [-0.05, 0) is 68.4 Å². The van der Waals surface area contributed by atoms with Crippen molar-refractivity contribution in [1.82, 2.24) is 25.6 Å². The molecule has 0 fully saturated rings. The predicted molar refractivity (Wildman–Crippen MR) is 155 cm³/mol. The first-order valence-corrected chi connectivity index (χ1v) is 13.9. The molecular formula is C30H40N6O2. The molecule has 0 unspecified atom stereocenters. The molecule has 3 rings (SSSR count). The van der Waals surface area contributed by atoms with E-state index in [-0.39, 0.29) is 17.2 Å². The van der Waals surface area contributed by atoms with E-state index in [4.69, 9.17) is 0 Å². The lowest BCUT2D eigenvalue weighted by atomic mass is 10.1. The van der Waals surface area contributed by atoms with Gasteiger partial charge in [0.05, 0.1) is 16.9 Å². The van der Waals surface area contributed by atoms with Gasteiger partial charge in [-0.2, -0.15) is 5.21 Å². The number of rotatable bonds is 17. The van der Waals surface area contributed by atoms with Crippen LogP contribution in [0.25, 0.3) is 22.4 Å². The van der Waals surface area contributed by atoms with Crippen LogP contribution in [0.4, 0.5) is 5.69 Å². The maximum absolute atomic E-state index is 12.5. The Bertz CT molecular complexity index is 1260. The molecule has 3 aromatic rings. The highest BCUT2D eigenvalue weighted by Crippen LogP contribution is 2.22. The van der Waals surface area contributed by atoms with Gasteiger partial charge in [0, 0.05) is 11.5 Å². The van der Waals surface area contributed by atoms with E-state index in [1.165, 1.54) is 57.4 Å². The summed E-state index contributed by atoms with van der Waals surface area (Å²) in [6, 6.07) is 6.63. The van der Waals surface area contributed by atoms with Crippen molar-refractivity contribution in [3.8, 4) is 11.5 Å². The maximum atomic E-state index is 12.5. The number of nitrogens with zero attached hydrogens (tertiary/aromatic N) is 3. The third-order valence-electron chi connectivity index (χ3n) is 6.30. The largest absolute Gasteiger partial charge is 0.350 e. The molecular weight excluding hydrogens is 476 g/mol. The average Bonchev–Trinajstić information content (AvgIpc) is 3.46. The number of anilines is 1. The van der Waals surface area contributed by atoms with Crippen molar-refractivity contribution in [2.45, 2.75) is 84.0 Å². The van der Waals surface area contributed by atoms with Gasteiger partial charge in [-0.25, -0.2) is 0 Å². The first-order valence-electron chi connectivity index (χ1n) is 13.9. The number of pyridine rings is 1. The van der Waals surface area contributed by atoms with Gasteiger partial charge < -0.3 is 10.3 Å². The summed E-state index contributed by atoms with van der Waals surface area (Å²) in [6.45, 7) is 2.24. The molecule has 0 bridgehead atoms. The standard InChI is InChI=1S/C30H40N6O2/c1-2-3-4-5-6-7-8-9-10-11-12-13-14-15-16-17-18-22-28(38)31-25-21-19-20-24-27(37)23-26(32-29(24)25)30-33-35-36-34-30/h6-7,9-10,18-23H,2-5,8,11-17H2,1H3,(H,31,38)(H,32,37)(H,33,34,35,36). The number of unbranched alkanes of at least 4 members (excludes halogenated alkanes) is 9. The molecule has 2 heterocycles. The van der Waals surface area contributed by atoms with Crippen molar-refractivity contribution in [2.75, 3.05) is 5.32 Å². The zero-order valence-corrected chi connectivity index (χ0v) is 22.4. The van der Waals surface area contributed by atoms with E-state index in [1.54, 1.807) is 24.3 Å². The second-order valence-corrected chi connectivity index (χ2v) is 9.42. The number of fused-ring (bicyclic) bond motifs is 1. The highest BCUT2D eigenvalue weighted by Gasteiger charge is 2.11. The fraction of sp³-hybridized carbons (Fsp3) is 0.433. The lowest BCUT2D eigenvalue weighted by Gasteiger charge is -2.08. The molecule has 0 spiro atoms. The fourth-order valence-electron chi connectivity index (χ4n) is 4.21. The number of aromatic amines is 2. The molecule has 1 amide bonds. The number of carbonyl (C=O) groups is 1. The molecule has 2 aromatic heterocycles. The van der Waals surface area contributed by atoms with Gasteiger partial charge in [0.2, 0.25) is 11.7 Å². The third kappa shape index (κ3) is 9.92. The fourth-order valence-corrected chi connectivity index (χ4v) is 4.21. The lowest BCUT2D eigenvalue weighted by Crippen LogP contribution is -2.11. The Labute approximate surface area is 224 Å². The van der Waals surface area contributed by atoms with Crippen molar-refractivity contribution in [3.05, 3.63) is 70.9 Å². The summed E-state index contributed by atoms with van der Waals surface area (Å²) < 4.78 is 0. The molecule has 0 atom stereocenters. The van der Waals surface area contributed by atoms with Crippen molar-refractivity contribution < 1.29 is 4.79 Å². The van der Waals surface area contributed by atoms with Crippen LogP contribution in [0, 0.1) is 0 Å². The Balaban J connectivity index is 1.32. The van der Waals surface area contributed by atoms with Gasteiger partial charge in [-0.1, -0.05) is 75.5 Å². The molecule has 1 aromatic carbocycles. The zero-order chi connectivity index (χ0) is 26.8. The topological polar surface area (TPSA) is 116 Å². The van der Waals surface area contributed by atoms with Crippen molar-refractivity contribution in [2.24, 2.45) is 0 Å². The first kappa shape index (κ1) is 28.8. The van der Waals surface area contributed by atoms with Crippen LogP contribution in [0.5, 0.6) is 0 Å². The number of tetrazole rings is 1. The van der Waals surface area contributed by atoms with Crippen LogP contribution in [0.1, 0.15) is 84.0 Å². The first-order chi connectivity index (χ1) is 18.7. The summed E-state index contributed by atoms with van der Waals surface area (Å²) in [5.41, 5.74) is 1.29. The number of hydrogen-bond acceptors (Lipinski definition) is 5. The Morgan fingerprint density at radius 1 is 0.921 bits per heavy atom. The molecule has 0 saturated carbocycles. The number of aromatic nitrogens is 5. The second kappa shape index (κ2) is 16.8. The molecule has 0 aliphatic heterocycles. The minimum Gasteiger partial charge on any atom is -0.350 e. The van der Waals surface area contributed by atoms with E-state index in [0.29, 0.717) is 22.3 Å². The molecule has 8 nitrogen and oxygen atoms in total. The second-order valence-electron chi connectivity index (χ2n) is 9.42. The minimum atomic E-state index is -0.231. The van der Waals surface area contributed by atoms with Gasteiger partial charge in [0.25, 0.3) is 0 Å². The Kier molecular flexibility index (Phi) is 12.7. The van der Waals surface area contributed by atoms with Gasteiger partial charge in [-0.3, -0.25) is 9.59 Å². The Morgan fingerprint density at radius 3 is 2.34 bits per heavy atom. The molecule has 0 aliphatic rings. The highest BCUT2D eigenvalue weighted by atomic mass is 16.1. The molecule has 38 heavy (non-hydrogen) atoms. The van der Waals surface area contributed by atoms with Gasteiger partial charge in [-0.15, -0.1) is 10.2 Å². The van der Waals surface area contributed by atoms with E-state index < -0.39 is 0 Å². The molecule has 202 valence electrons. The highest BCUT2D eigenvalue weighted by molar-refractivity contribution is 6.05. The van der Waals surface area contributed by atoms with Crippen LogP contribution < -0.4 is 10.7 Å². The lowest BCUT2D eigenvalue weighted by molar-refractivity contribution is -0.111. The van der Waals surface area contributed by atoms with Crippen LogP contribution in [0.3, 0.4) is 0 Å². The van der Waals surface area contributed by atoms with E-state index in [1.807, 2.05) is 6.08 Å². The number of para-hydroxylation sites is 1. The van der Waals surface area contributed by atoms with Crippen molar-refractivity contribution in [3.63, 3.8) is 0 Å².